The van der Waals surface area contributed by atoms with E-state index < -0.39 is 0 Å². The molecule has 0 amide bonds. The quantitative estimate of drug-likeness (QED) is 0.865. The van der Waals surface area contributed by atoms with Crippen molar-refractivity contribution < 1.29 is 4.74 Å². The summed E-state index contributed by atoms with van der Waals surface area (Å²) in [5.74, 6) is 0. The van der Waals surface area contributed by atoms with Crippen molar-refractivity contribution in [3.05, 3.63) is 23.0 Å². The van der Waals surface area contributed by atoms with Gasteiger partial charge in [0.05, 0.1) is 18.0 Å². The van der Waals surface area contributed by atoms with Crippen LogP contribution in [-0.4, -0.2) is 29.1 Å². The van der Waals surface area contributed by atoms with Crippen LogP contribution in [-0.2, 0) is 11.3 Å². The average Bonchev–Trinajstić information content (AvgIpc) is 2.76. The predicted octanol–water partition coefficient (Wildman–Crippen LogP) is 1.83. The molecular weight excluding hydrogens is 222 g/mol. The Hall–Kier alpha value is -0.910. The van der Waals surface area contributed by atoms with Crippen LogP contribution in [0.3, 0.4) is 0 Å². The Morgan fingerprint density at radius 1 is 1.62 bits per heavy atom. The Kier molecular flexibility index (Phi) is 3.58. The molecule has 0 saturated heterocycles. The minimum atomic E-state index is 0.355. The SMILES string of the molecule is COCC(C)NCc1c(C)nc2sccn12. The van der Waals surface area contributed by atoms with Gasteiger partial charge in [0.1, 0.15) is 0 Å². The van der Waals surface area contributed by atoms with Gasteiger partial charge in [-0.25, -0.2) is 4.98 Å². The van der Waals surface area contributed by atoms with Crippen molar-refractivity contribution in [2.24, 2.45) is 0 Å². The van der Waals surface area contributed by atoms with E-state index in [-0.39, 0.29) is 0 Å². The number of aryl methyl sites for hydroxylation is 1. The third kappa shape index (κ3) is 2.26. The second-order valence-corrected chi connectivity index (χ2v) is 4.81. The molecule has 0 saturated carbocycles. The molecule has 1 atom stereocenters. The molecule has 0 spiro atoms. The van der Waals surface area contributed by atoms with Gasteiger partial charge in [0.25, 0.3) is 0 Å². The highest BCUT2D eigenvalue weighted by Crippen LogP contribution is 2.16. The zero-order chi connectivity index (χ0) is 11.5. The number of hydrogen-bond acceptors (Lipinski definition) is 4. The summed E-state index contributed by atoms with van der Waals surface area (Å²) in [4.78, 5) is 5.57. The van der Waals surface area contributed by atoms with E-state index in [1.54, 1.807) is 18.4 Å². The van der Waals surface area contributed by atoms with Crippen molar-refractivity contribution in [2.45, 2.75) is 26.4 Å². The van der Waals surface area contributed by atoms with Gasteiger partial charge in [-0.3, -0.25) is 4.40 Å². The summed E-state index contributed by atoms with van der Waals surface area (Å²) >= 11 is 1.67. The maximum absolute atomic E-state index is 5.09. The van der Waals surface area contributed by atoms with Gasteiger partial charge in [0, 0.05) is 31.3 Å². The van der Waals surface area contributed by atoms with Crippen LogP contribution < -0.4 is 5.32 Å². The molecule has 0 aliphatic heterocycles. The number of nitrogens with one attached hydrogen (secondary N) is 1. The second-order valence-electron chi connectivity index (χ2n) is 3.94. The molecule has 0 aliphatic rings. The number of methoxy groups -OCH3 is 1. The molecule has 0 radical (unpaired) electrons. The zero-order valence-corrected chi connectivity index (χ0v) is 10.7. The number of aromatic nitrogens is 2. The molecule has 1 N–H and O–H groups in total. The Morgan fingerprint density at radius 3 is 3.19 bits per heavy atom. The van der Waals surface area contributed by atoms with Crippen molar-refractivity contribution in [3.8, 4) is 0 Å². The van der Waals surface area contributed by atoms with Crippen LogP contribution in [0.5, 0.6) is 0 Å². The molecule has 0 fully saturated rings. The number of hydrogen-bond donors (Lipinski definition) is 1. The number of ether oxygens (including phenoxy) is 1. The van der Waals surface area contributed by atoms with Gasteiger partial charge in [0.15, 0.2) is 4.96 Å². The minimum absolute atomic E-state index is 0.355. The van der Waals surface area contributed by atoms with E-state index in [1.165, 1.54) is 5.69 Å². The molecule has 2 aromatic heterocycles. The van der Waals surface area contributed by atoms with Crippen LogP contribution in [0, 0.1) is 6.92 Å². The molecule has 0 aliphatic carbocycles. The molecule has 2 aromatic rings. The van der Waals surface area contributed by atoms with E-state index in [0.29, 0.717) is 6.04 Å². The summed E-state index contributed by atoms with van der Waals surface area (Å²) in [5.41, 5.74) is 2.34. The van der Waals surface area contributed by atoms with E-state index >= 15 is 0 Å². The first kappa shape index (κ1) is 11.6. The van der Waals surface area contributed by atoms with Gasteiger partial charge in [-0.15, -0.1) is 11.3 Å². The van der Waals surface area contributed by atoms with Crippen LogP contribution in [0.1, 0.15) is 18.3 Å². The molecule has 88 valence electrons. The van der Waals surface area contributed by atoms with Gasteiger partial charge < -0.3 is 10.1 Å². The number of fused-ring (bicyclic) bond motifs is 1. The van der Waals surface area contributed by atoms with E-state index in [9.17, 15) is 0 Å². The van der Waals surface area contributed by atoms with Crippen LogP contribution in [0.4, 0.5) is 0 Å². The summed E-state index contributed by atoms with van der Waals surface area (Å²) in [6, 6.07) is 0.355. The number of imidazole rings is 1. The first-order chi connectivity index (χ1) is 7.72. The van der Waals surface area contributed by atoms with Crippen LogP contribution >= 0.6 is 11.3 Å². The first-order valence-electron chi connectivity index (χ1n) is 5.35. The van der Waals surface area contributed by atoms with E-state index in [0.717, 1.165) is 23.8 Å². The van der Waals surface area contributed by atoms with Crippen LogP contribution in [0.2, 0.25) is 0 Å². The van der Waals surface area contributed by atoms with E-state index in [4.69, 9.17) is 4.74 Å². The second kappa shape index (κ2) is 4.95. The Labute approximate surface area is 99.3 Å². The molecule has 0 bridgehead atoms. The fourth-order valence-electron chi connectivity index (χ4n) is 1.73. The monoisotopic (exact) mass is 239 g/mol. The maximum Gasteiger partial charge on any atom is 0.194 e. The van der Waals surface area contributed by atoms with Crippen molar-refractivity contribution in [1.29, 1.82) is 0 Å². The standard InChI is InChI=1S/C11H17N3OS/c1-8(7-15-3)12-6-10-9(2)13-11-14(10)4-5-16-11/h4-5,8,12H,6-7H2,1-3H3. The normalized spacial score (nSPS) is 13.4. The van der Waals surface area contributed by atoms with Crippen molar-refractivity contribution in [3.63, 3.8) is 0 Å². The lowest BCUT2D eigenvalue weighted by Gasteiger charge is -2.12. The molecule has 0 aromatic carbocycles. The molecule has 2 heterocycles. The highest BCUT2D eigenvalue weighted by molar-refractivity contribution is 7.15. The lowest BCUT2D eigenvalue weighted by atomic mass is 10.3. The number of thiazole rings is 1. The summed E-state index contributed by atoms with van der Waals surface area (Å²) in [7, 11) is 1.72. The third-order valence-electron chi connectivity index (χ3n) is 2.60. The van der Waals surface area contributed by atoms with Gasteiger partial charge >= 0.3 is 0 Å². The summed E-state index contributed by atoms with van der Waals surface area (Å²) < 4.78 is 7.24. The molecule has 2 rings (SSSR count). The van der Waals surface area contributed by atoms with Gasteiger partial charge in [-0.2, -0.15) is 0 Å². The smallest absolute Gasteiger partial charge is 0.194 e. The van der Waals surface area contributed by atoms with Gasteiger partial charge in [0.2, 0.25) is 0 Å². The van der Waals surface area contributed by atoms with Gasteiger partial charge in [-0.05, 0) is 13.8 Å². The van der Waals surface area contributed by atoms with E-state index in [1.807, 2.05) is 0 Å². The lowest BCUT2D eigenvalue weighted by Crippen LogP contribution is -2.30. The number of nitrogens with zero attached hydrogens (tertiary/aromatic N) is 2. The predicted molar refractivity (Wildman–Crippen MR) is 66.0 cm³/mol. The molecule has 16 heavy (non-hydrogen) atoms. The third-order valence-corrected chi connectivity index (χ3v) is 3.35. The number of rotatable bonds is 5. The van der Waals surface area contributed by atoms with Crippen molar-refractivity contribution >= 4 is 16.3 Å². The Morgan fingerprint density at radius 2 is 2.44 bits per heavy atom. The minimum Gasteiger partial charge on any atom is -0.383 e. The van der Waals surface area contributed by atoms with E-state index in [2.05, 4.69) is 40.1 Å². The average molecular weight is 239 g/mol. The van der Waals surface area contributed by atoms with Gasteiger partial charge in [-0.1, -0.05) is 0 Å². The first-order valence-corrected chi connectivity index (χ1v) is 6.23. The summed E-state index contributed by atoms with van der Waals surface area (Å²) in [6.45, 7) is 5.72. The Balaban J connectivity index is 2.08. The van der Waals surface area contributed by atoms with Crippen molar-refractivity contribution in [2.75, 3.05) is 13.7 Å². The Bertz CT molecular complexity index is 463. The largest absolute Gasteiger partial charge is 0.383 e. The highest BCUT2D eigenvalue weighted by atomic mass is 32.1. The fraction of sp³-hybridized carbons (Fsp3) is 0.545. The summed E-state index contributed by atoms with van der Waals surface area (Å²) in [6.07, 6.45) is 2.07. The zero-order valence-electron chi connectivity index (χ0n) is 9.86. The fourth-order valence-corrected chi connectivity index (χ4v) is 2.51. The molecule has 5 heteroatoms. The lowest BCUT2D eigenvalue weighted by molar-refractivity contribution is 0.171. The summed E-state index contributed by atoms with van der Waals surface area (Å²) in [5, 5.41) is 5.49. The van der Waals surface area contributed by atoms with Crippen LogP contribution in [0.15, 0.2) is 11.6 Å². The molecular formula is C11H17N3OS. The maximum atomic E-state index is 5.09. The van der Waals surface area contributed by atoms with Crippen LogP contribution in [0.25, 0.3) is 4.96 Å². The topological polar surface area (TPSA) is 38.6 Å². The molecule has 4 nitrogen and oxygen atoms in total. The van der Waals surface area contributed by atoms with Crippen molar-refractivity contribution in [1.82, 2.24) is 14.7 Å². The molecule has 1 unspecified atom stereocenters. The highest BCUT2D eigenvalue weighted by Gasteiger charge is 2.10.